The summed E-state index contributed by atoms with van der Waals surface area (Å²) in [5, 5.41) is 0. The molecular formula is C16H34O5Si2. The second-order valence-electron chi connectivity index (χ2n) is 7.68. The minimum atomic E-state index is -1.95. The van der Waals surface area contributed by atoms with Crippen LogP contribution in [0.15, 0.2) is 0 Å². The van der Waals surface area contributed by atoms with Gasteiger partial charge in [0.15, 0.2) is 0 Å². The van der Waals surface area contributed by atoms with Crippen molar-refractivity contribution < 1.29 is 23.1 Å². The van der Waals surface area contributed by atoms with Gasteiger partial charge in [-0.15, -0.1) is 0 Å². The molecule has 2 rings (SSSR count). The summed E-state index contributed by atoms with van der Waals surface area (Å²) >= 11 is 0. The van der Waals surface area contributed by atoms with Crippen molar-refractivity contribution in [1.29, 1.82) is 0 Å². The van der Waals surface area contributed by atoms with E-state index in [-0.39, 0.29) is 11.5 Å². The molecule has 2 saturated heterocycles. The quantitative estimate of drug-likeness (QED) is 0.395. The van der Waals surface area contributed by atoms with E-state index in [0.29, 0.717) is 25.4 Å². The van der Waals surface area contributed by atoms with Gasteiger partial charge in [0, 0.05) is 0 Å². The Bertz CT molecular complexity index is 335. The van der Waals surface area contributed by atoms with Gasteiger partial charge in [-0.05, 0) is 39.0 Å². The van der Waals surface area contributed by atoms with Crippen LogP contribution in [-0.4, -0.2) is 66.7 Å². The van der Waals surface area contributed by atoms with Crippen LogP contribution in [0, 0.1) is 0 Å². The average Bonchev–Trinajstić information content (AvgIpc) is 3.33. The van der Waals surface area contributed by atoms with Crippen molar-refractivity contribution in [3.05, 3.63) is 0 Å². The van der Waals surface area contributed by atoms with Crippen molar-refractivity contribution in [2.45, 2.75) is 76.5 Å². The van der Waals surface area contributed by atoms with E-state index in [1.54, 1.807) is 0 Å². The molecule has 0 spiro atoms. The Balaban J connectivity index is 1.89. The molecule has 2 aliphatic heterocycles. The molecule has 4 atom stereocenters. The fraction of sp³-hybridized carbons (Fsp3) is 1.00. The summed E-state index contributed by atoms with van der Waals surface area (Å²) in [4.78, 5) is 0. The summed E-state index contributed by atoms with van der Waals surface area (Å²) in [6, 6.07) is 0. The molecule has 4 unspecified atom stereocenters. The minimum absolute atomic E-state index is 0.211. The molecule has 0 bridgehead atoms. The largest absolute Gasteiger partial charge is 0.452 e. The van der Waals surface area contributed by atoms with Gasteiger partial charge in [0.1, 0.15) is 12.2 Å². The Morgan fingerprint density at radius 3 is 1.43 bits per heavy atom. The summed E-state index contributed by atoms with van der Waals surface area (Å²) in [5.41, 5.74) is 0.422. The van der Waals surface area contributed by atoms with Crippen LogP contribution in [-0.2, 0) is 23.1 Å². The molecule has 0 amide bonds. The first-order valence-corrected chi connectivity index (χ1v) is 14.9. The third-order valence-electron chi connectivity index (χ3n) is 4.59. The molecule has 0 aromatic carbocycles. The number of rotatable bonds is 12. The van der Waals surface area contributed by atoms with Crippen molar-refractivity contribution in [3.63, 3.8) is 0 Å². The van der Waals surface area contributed by atoms with Gasteiger partial charge < -0.3 is 23.1 Å². The Hall–Kier alpha value is 0.234. The molecule has 5 nitrogen and oxygen atoms in total. The zero-order valence-corrected chi connectivity index (χ0v) is 17.6. The highest BCUT2D eigenvalue weighted by molar-refractivity contribution is 6.86. The molecule has 136 valence electrons. The van der Waals surface area contributed by atoms with E-state index in [1.165, 1.54) is 0 Å². The van der Waals surface area contributed by atoms with Gasteiger partial charge in [-0.2, -0.15) is 0 Å². The molecule has 7 heteroatoms. The topological polar surface area (TPSA) is 52.8 Å². The zero-order chi connectivity index (χ0) is 17.1. The first kappa shape index (κ1) is 19.6. The van der Waals surface area contributed by atoms with Crippen molar-refractivity contribution in [2.24, 2.45) is 0 Å². The molecule has 0 N–H and O–H groups in total. The molecule has 0 aliphatic carbocycles. The molecule has 0 aromatic rings. The predicted octanol–water partition coefficient (Wildman–Crippen LogP) is 2.88. The highest BCUT2D eigenvalue weighted by Crippen LogP contribution is 2.27. The first-order valence-electron chi connectivity index (χ1n) is 8.95. The Kier molecular flexibility index (Phi) is 6.87. The van der Waals surface area contributed by atoms with Crippen LogP contribution in [0.3, 0.4) is 0 Å². The number of hydrogen-bond acceptors (Lipinski definition) is 5. The van der Waals surface area contributed by atoms with Crippen LogP contribution >= 0.6 is 0 Å². The molecule has 0 radical (unpaired) electrons. The van der Waals surface area contributed by atoms with E-state index in [4.69, 9.17) is 23.1 Å². The van der Waals surface area contributed by atoms with Gasteiger partial charge >= 0.3 is 0 Å². The summed E-state index contributed by atoms with van der Waals surface area (Å²) in [7, 11) is -3.91. The first-order chi connectivity index (χ1) is 10.8. The Morgan fingerprint density at radius 2 is 1.17 bits per heavy atom. The molecule has 2 heterocycles. The maximum Gasteiger partial charge on any atom is 0.202 e. The predicted molar refractivity (Wildman–Crippen MR) is 95.6 cm³/mol. The van der Waals surface area contributed by atoms with Crippen molar-refractivity contribution in [1.82, 2.24) is 0 Å². The molecule has 0 aromatic heterocycles. The van der Waals surface area contributed by atoms with Crippen LogP contribution in [0.2, 0.25) is 26.2 Å². The summed E-state index contributed by atoms with van der Waals surface area (Å²) in [6.07, 6.45) is 2.60. The van der Waals surface area contributed by atoms with E-state index in [1.807, 2.05) is 0 Å². The number of hydrogen-bond donors (Lipinski definition) is 0. The molecule has 2 aliphatic rings. The van der Waals surface area contributed by atoms with Gasteiger partial charge in [0.05, 0.1) is 37.9 Å². The van der Waals surface area contributed by atoms with Crippen LogP contribution in [0.4, 0.5) is 0 Å². The third-order valence-corrected chi connectivity index (χ3v) is 13.1. The lowest BCUT2D eigenvalue weighted by atomic mass is 10.5. The maximum atomic E-state index is 6.78. The lowest BCUT2D eigenvalue weighted by Gasteiger charge is -2.41. The summed E-state index contributed by atoms with van der Waals surface area (Å²) in [6.45, 7) is 16.6. The summed E-state index contributed by atoms with van der Waals surface area (Å²) in [5.74, 6) is 0. The standard InChI is InChI=1S/C16H34O5Si2/c1-7-15(19-11-13-9-17-13)22(3,4)21-23(5,6)16(8-2)20-12-14-10-18-14/h13-16H,7-12H2,1-6H3. The van der Waals surface area contributed by atoms with Crippen LogP contribution in [0.5, 0.6) is 0 Å². The third kappa shape index (κ3) is 6.23. The van der Waals surface area contributed by atoms with Crippen LogP contribution in [0.1, 0.15) is 26.7 Å². The monoisotopic (exact) mass is 362 g/mol. The van der Waals surface area contributed by atoms with Crippen LogP contribution < -0.4 is 0 Å². The smallest absolute Gasteiger partial charge is 0.202 e. The fourth-order valence-electron chi connectivity index (χ4n) is 3.21. The van der Waals surface area contributed by atoms with Gasteiger partial charge in [0.2, 0.25) is 16.6 Å². The summed E-state index contributed by atoms with van der Waals surface area (Å²) < 4.78 is 29.5. The molecule has 23 heavy (non-hydrogen) atoms. The highest BCUT2D eigenvalue weighted by Gasteiger charge is 2.44. The lowest BCUT2D eigenvalue weighted by Crippen LogP contribution is -2.58. The average molecular weight is 363 g/mol. The Morgan fingerprint density at radius 1 is 0.826 bits per heavy atom. The minimum Gasteiger partial charge on any atom is -0.452 e. The SMILES string of the molecule is CCC(OCC1CO1)[Si](C)(C)O[Si](C)(C)C(CC)OCC1CO1. The van der Waals surface area contributed by atoms with E-state index in [0.717, 1.165) is 26.1 Å². The molecular weight excluding hydrogens is 328 g/mol. The fourth-order valence-corrected chi connectivity index (χ4v) is 12.6. The van der Waals surface area contributed by atoms with Crippen LogP contribution in [0.25, 0.3) is 0 Å². The van der Waals surface area contributed by atoms with E-state index >= 15 is 0 Å². The molecule has 2 fully saturated rings. The lowest BCUT2D eigenvalue weighted by molar-refractivity contribution is 0.0646. The van der Waals surface area contributed by atoms with Crippen molar-refractivity contribution in [2.75, 3.05) is 26.4 Å². The Labute approximate surface area is 143 Å². The van der Waals surface area contributed by atoms with E-state index in [9.17, 15) is 0 Å². The van der Waals surface area contributed by atoms with E-state index < -0.39 is 16.6 Å². The van der Waals surface area contributed by atoms with Gasteiger partial charge in [-0.1, -0.05) is 13.8 Å². The highest BCUT2D eigenvalue weighted by atomic mass is 28.4. The zero-order valence-electron chi connectivity index (χ0n) is 15.6. The normalized spacial score (nSPS) is 26.9. The second kappa shape index (κ2) is 8.08. The van der Waals surface area contributed by atoms with Gasteiger partial charge in [-0.3, -0.25) is 0 Å². The molecule has 0 saturated carbocycles. The second-order valence-corrected chi connectivity index (χ2v) is 16.2. The van der Waals surface area contributed by atoms with Crippen molar-refractivity contribution in [3.8, 4) is 0 Å². The van der Waals surface area contributed by atoms with Crippen molar-refractivity contribution >= 4 is 16.6 Å². The van der Waals surface area contributed by atoms with Gasteiger partial charge in [0.25, 0.3) is 0 Å². The maximum absolute atomic E-state index is 6.78. The van der Waals surface area contributed by atoms with Gasteiger partial charge in [-0.25, -0.2) is 0 Å². The number of epoxide rings is 2. The van der Waals surface area contributed by atoms with E-state index in [2.05, 4.69) is 40.0 Å². The number of ether oxygens (including phenoxy) is 4.